The van der Waals surface area contributed by atoms with Crippen LogP contribution in [0.5, 0.6) is 5.75 Å². The summed E-state index contributed by atoms with van der Waals surface area (Å²) in [5.74, 6) is -2.23. The van der Waals surface area contributed by atoms with Crippen molar-refractivity contribution in [3.8, 4) is 11.8 Å². The molecule has 1 rings (SSSR count). The van der Waals surface area contributed by atoms with E-state index in [0.717, 1.165) is 0 Å². The third kappa shape index (κ3) is 6.10. The lowest BCUT2D eigenvalue weighted by Crippen LogP contribution is -2.26. The lowest BCUT2D eigenvalue weighted by molar-refractivity contribution is -0.117. The van der Waals surface area contributed by atoms with Crippen molar-refractivity contribution in [1.29, 1.82) is 5.26 Å². The fourth-order valence-electron chi connectivity index (χ4n) is 1.82. The minimum atomic E-state index is -1.26. The number of nitriles is 1. The Morgan fingerprint density at radius 1 is 1.42 bits per heavy atom. The number of phenols is 1. The lowest BCUT2D eigenvalue weighted by Gasteiger charge is -2.08. The number of benzene rings is 1. The molecule has 0 saturated heterocycles. The first kappa shape index (κ1) is 19.2. The number of ether oxygens (including phenoxy) is 1. The van der Waals surface area contributed by atoms with Crippen LogP contribution in [-0.2, 0) is 9.53 Å². The normalized spacial score (nSPS) is 11.2. The summed E-state index contributed by atoms with van der Waals surface area (Å²) < 4.78 is 5.34. The number of nitrogens with one attached hydrogen (secondary N) is 1. The van der Waals surface area contributed by atoms with E-state index in [4.69, 9.17) is 15.1 Å². The molecule has 1 aromatic rings. The molecule has 0 aromatic heterocycles. The highest BCUT2D eigenvalue weighted by Gasteiger charge is 2.11. The molecule has 3 N–H and O–H groups in total. The predicted octanol–water partition coefficient (Wildman–Crippen LogP) is 1.93. The van der Waals surface area contributed by atoms with Gasteiger partial charge in [-0.2, -0.15) is 5.26 Å². The number of rotatable bonds is 8. The van der Waals surface area contributed by atoms with Crippen molar-refractivity contribution in [1.82, 2.24) is 5.32 Å². The monoisotopic (exact) mass is 332 g/mol. The summed E-state index contributed by atoms with van der Waals surface area (Å²) in [7, 11) is 0. The van der Waals surface area contributed by atoms with Crippen LogP contribution >= 0.6 is 0 Å². The van der Waals surface area contributed by atoms with E-state index in [9.17, 15) is 14.7 Å². The molecule has 0 atom stereocenters. The fraction of sp³-hybridized carbons (Fsp3) is 0.353. The zero-order valence-corrected chi connectivity index (χ0v) is 13.6. The zero-order valence-electron chi connectivity index (χ0n) is 13.6. The van der Waals surface area contributed by atoms with E-state index in [0.29, 0.717) is 25.1 Å². The fourth-order valence-corrected chi connectivity index (χ4v) is 1.82. The minimum Gasteiger partial charge on any atom is -0.507 e. The Kier molecular flexibility index (Phi) is 7.46. The van der Waals surface area contributed by atoms with Crippen LogP contribution < -0.4 is 5.32 Å². The second-order valence-corrected chi connectivity index (χ2v) is 5.28. The molecule has 24 heavy (non-hydrogen) atoms. The molecule has 7 nitrogen and oxygen atoms in total. The Balaban J connectivity index is 2.70. The summed E-state index contributed by atoms with van der Waals surface area (Å²) in [5, 5.41) is 30.2. The maximum absolute atomic E-state index is 11.9. The quantitative estimate of drug-likeness (QED) is 0.380. The van der Waals surface area contributed by atoms with Gasteiger partial charge in [0.05, 0.1) is 6.10 Å². The highest BCUT2D eigenvalue weighted by atomic mass is 16.5. The van der Waals surface area contributed by atoms with Gasteiger partial charge in [-0.25, -0.2) is 4.79 Å². The average Bonchev–Trinajstić information content (AvgIpc) is 2.51. The Bertz CT molecular complexity index is 674. The molecule has 7 heteroatoms. The smallest absolute Gasteiger partial charge is 0.339 e. The summed E-state index contributed by atoms with van der Waals surface area (Å²) in [6.45, 7) is 4.71. The maximum atomic E-state index is 11.9. The van der Waals surface area contributed by atoms with E-state index >= 15 is 0 Å². The number of nitrogens with zero attached hydrogens (tertiary/aromatic N) is 1. The number of carboxylic acids is 1. The number of carbonyl (C=O) groups is 2. The molecule has 0 saturated carbocycles. The van der Waals surface area contributed by atoms with Gasteiger partial charge in [0.15, 0.2) is 0 Å². The summed E-state index contributed by atoms with van der Waals surface area (Å²) in [4.78, 5) is 22.8. The van der Waals surface area contributed by atoms with E-state index in [2.05, 4.69) is 5.32 Å². The molecule has 1 aromatic carbocycles. The molecule has 128 valence electrons. The first-order valence-electron chi connectivity index (χ1n) is 7.43. The van der Waals surface area contributed by atoms with E-state index in [-0.39, 0.29) is 17.2 Å². The lowest BCUT2D eigenvalue weighted by atomic mass is 10.1. The molecule has 0 fully saturated rings. The average molecular weight is 332 g/mol. The summed E-state index contributed by atoms with van der Waals surface area (Å²) >= 11 is 0. The van der Waals surface area contributed by atoms with Crippen molar-refractivity contribution in [2.45, 2.75) is 26.4 Å². The Labute approximate surface area is 140 Å². The maximum Gasteiger partial charge on any atom is 0.339 e. The summed E-state index contributed by atoms with van der Waals surface area (Å²) in [6.07, 6.45) is 2.03. The van der Waals surface area contributed by atoms with Gasteiger partial charge in [-0.1, -0.05) is 6.07 Å². The third-order valence-electron chi connectivity index (χ3n) is 2.99. The third-order valence-corrected chi connectivity index (χ3v) is 2.99. The van der Waals surface area contributed by atoms with Crippen molar-refractivity contribution in [3.63, 3.8) is 0 Å². The summed E-state index contributed by atoms with van der Waals surface area (Å²) in [6, 6.07) is 5.59. The van der Waals surface area contributed by atoms with Gasteiger partial charge in [0.2, 0.25) is 0 Å². The van der Waals surface area contributed by atoms with Crippen LogP contribution in [0.15, 0.2) is 23.8 Å². The van der Waals surface area contributed by atoms with Crippen LogP contribution in [0.25, 0.3) is 6.08 Å². The molecule has 1 amide bonds. The molecule has 0 heterocycles. The van der Waals surface area contributed by atoms with E-state index in [1.54, 1.807) is 6.07 Å². The van der Waals surface area contributed by atoms with Crippen LogP contribution in [0.2, 0.25) is 0 Å². The van der Waals surface area contributed by atoms with Gasteiger partial charge in [-0.3, -0.25) is 4.79 Å². The highest BCUT2D eigenvalue weighted by Crippen LogP contribution is 2.20. The number of aromatic hydroxyl groups is 1. The van der Waals surface area contributed by atoms with Gasteiger partial charge >= 0.3 is 5.97 Å². The van der Waals surface area contributed by atoms with Gasteiger partial charge in [-0.05, 0) is 44.0 Å². The van der Waals surface area contributed by atoms with Crippen molar-refractivity contribution >= 4 is 18.0 Å². The number of hydrogen-bond acceptors (Lipinski definition) is 5. The molecule has 0 aliphatic heterocycles. The van der Waals surface area contributed by atoms with Crippen LogP contribution in [0.4, 0.5) is 0 Å². The number of aromatic carboxylic acids is 1. The SMILES string of the molecule is CC(C)OCCCNC(=O)/C(C#N)=C\c1ccc(C(=O)O)c(O)c1. The zero-order chi connectivity index (χ0) is 18.1. The van der Waals surface area contributed by atoms with Gasteiger partial charge in [-0.15, -0.1) is 0 Å². The Hall–Kier alpha value is -2.85. The highest BCUT2D eigenvalue weighted by molar-refractivity contribution is 6.01. The molecule has 0 aliphatic carbocycles. The van der Waals surface area contributed by atoms with Gasteiger partial charge in [0.1, 0.15) is 23.0 Å². The van der Waals surface area contributed by atoms with Gasteiger partial charge in [0, 0.05) is 13.2 Å². The largest absolute Gasteiger partial charge is 0.507 e. The van der Waals surface area contributed by atoms with Crippen molar-refractivity contribution < 1.29 is 24.5 Å². The van der Waals surface area contributed by atoms with Gasteiger partial charge in [0.25, 0.3) is 5.91 Å². The second-order valence-electron chi connectivity index (χ2n) is 5.28. The number of amides is 1. The van der Waals surface area contributed by atoms with Crippen LogP contribution in [0, 0.1) is 11.3 Å². The van der Waals surface area contributed by atoms with E-state index in [1.165, 1.54) is 24.3 Å². The Morgan fingerprint density at radius 3 is 2.67 bits per heavy atom. The number of carbonyl (C=O) groups excluding carboxylic acids is 1. The topological polar surface area (TPSA) is 120 Å². The molecular weight excluding hydrogens is 312 g/mol. The first-order valence-corrected chi connectivity index (χ1v) is 7.43. The van der Waals surface area contributed by atoms with Gasteiger partial charge < -0.3 is 20.3 Å². The van der Waals surface area contributed by atoms with Crippen LogP contribution in [0.3, 0.4) is 0 Å². The molecule has 0 unspecified atom stereocenters. The minimum absolute atomic E-state index is 0.122. The first-order chi connectivity index (χ1) is 11.3. The second kappa shape index (κ2) is 9.33. The van der Waals surface area contributed by atoms with Crippen molar-refractivity contribution in [2.24, 2.45) is 0 Å². The van der Waals surface area contributed by atoms with Crippen molar-refractivity contribution in [2.75, 3.05) is 13.2 Å². The van der Waals surface area contributed by atoms with Crippen LogP contribution in [0.1, 0.15) is 36.2 Å². The molecule has 0 radical (unpaired) electrons. The molecule has 0 aliphatic rings. The standard InChI is InChI=1S/C17H20N2O5/c1-11(2)24-7-3-6-19-16(21)13(10-18)8-12-4-5-14(17(22)23)15(20)9-12/h4-5,8-9,11,20H,3,6-7H2,1-2H3,(H,19,21)(H,22,23)/b13-8-. The number of hydrogen-bond donors (Lipinski definition) is 3. The molecule has 0 bridgehead atoms. The van der Waals surface area contributed by atoms with Crippen LogP contribution in [-0.4, -0.2) is 41.3 Å². The molecule has 0 spiro atoms. The summed E-state index contributed by atoms with van der Waals surface area (Å²) in [5.41, 5.74) is -0.0325. The van der Waals surface area contributed by atoms with E-state index < -0.39 is 17.6 Å². The molecular formula is C17H20N2O5. The predicted molar refractivity (Wildman–Crippen MR) is 87.4 cm³/mol. The van der Waals surface area contributed by atoms with Crippen molar-refractivity contribution in [3.05, 3.63) is 34.9 Å². The van der Waals surface area contributed by atoms with E-state index in [1.807, 2.05) is 13.8 Å². The Morgan fingerprint density at radius 2 is 2.12 bits per heavy atom. The number of carboxylic acid groups (broad SMARTS) is 1.